The Kier molecular flexibility index (Phi) is 4.50. The molecule has 0 amide bonds. The molecule has 0 atom stereocenters. The summed E-state index contributed by atoms with van der Waals surface area (Å²) in [6.07, 6.45) is 3.13. The average molecular weight is 234 g/mol. The highest BCUT2D eigenvalue weighted by atomic mass is 32.2. The van der Waals surface area contributed by atoms with Gasteiger partial charge in [-0.25, -0.2) is 13.1 Å². The van der Waals surface area contributed by atoms with Gasteiger partial charge in [-0.1, -0.05) is 6.92 Å². The molecule has 0 aromatic carbocycles. The number of hydrogen-bond acceptors (Lipinski definition) is 4. The van der Waals surface area contributed by atoms with Crippen LogP contribution in [0.4, 0.5) is 0 Å². The first-order valence-electron chi connectivity index (χ1n) is 4.49. The van der Waals surface area contributed by atoms with E-state index in [2.05, 4.69) is 9.71 Å². The van der Waals surface area contributed by atoms with Crippen molar-refractivity contribution in [2.45, 2.75) is 19.8 Å². The second-order valence-corrected chi connectivity index (χ2v) is 5.83. The van der Waals surface area contributed by atoms with E-state index in [1.807, 2.05) is 6.92 Å². The molecule has 0 saturated carbocycles. The molecule has 0 fully saturated rings. The lowest BCUT2D eigenvalue weighted by Crippen LogP contribution is -2.27. The highest BCUT2D eigenvalue weighted by molar-refractivity contribution is 7.89. The molecule has 0 aliphatic heterocycles. The second kappa shape index (κ2) is 5.43. The summed E-state index contributed by atoms with van der Waals surface area (Å²) < 4.78 is 25.0. The van der Waals surface area contributed by atoms with Gasteiger partial charge in [-0.3, -0.25) is 4.98 Å². The fourth-order valence-corrected chi connectivity index (χ4v) is 2.73. The first-order valence-corrected chi connectivity index (χ1v) is 7.02. The number of nitrogens with one attached hydrogen (secondary N) is 1. The Labute approximate surface area is 88.4 Å². The molecule has 0 radical (unpaired) electrons. The Morgan fingerprint density at radius 1 is 1.57 bits per heavy atom. The first-order chi connectivity index (χ1) is 6.64. The van der Waals surface area contributed by atoms with Gasteiger partial charge in [0.25, 0.3) is 0 Å². The quantitative estimate of drug-likeness (QED) is 0.799. The van der Waals surface area contributed by atoms with Crippen molar-refractivity contribution in [3.05, 3.63) is 16.6 Å². The van der Waals surface area contributed by atoms with Gasteiger partial charge in [0.15, 0.2) is 0 Å². The van der Waals surface area contributed by atoms with Crippen molar-refractivity contribution in [3.8, 4) is 0 Å². The summed E-state index contributed by atoms with van der Waals surface area (Å²) in [4.78, 5) is 5.02. The van der Waals surface area contributed by atoms with Crippen LogP contribution in [0.3, 0.4) is 0 Å². The van der Waals surface area contributed by atoms with E-state index in [1.165, 1.54) is 0 Å². The van der Waals surface area contributed by atoms with Gasteiger partial charge < -0.3 is 0 Å². The summed E-state index contributed by atoms with van der Waals surface area (Å²) in [6.45, 7) is 2.31. The van der Waals surface area contributed by atoms with Crippen molar-refractivity contribution in [1.29, 1.82) is 0 Å². The van der Waals surface area contributed by atoms with Crippen LogP contribution in [0.5, 0.6) is 0 Å². The Morgan fingerprint density at radius 3 is 2.93 bits per heavy atom. The van der Waals surface area contributed by atoms with E-state index in [0.29, 0.717) is 19.4 Å². The maximum absolute atomic E-state index is 11.2. The molecule has 1 aromatic heterocycles. The van der Waals surface area contributed by atoms with Crippen LogP contribution in [0.1, 0.15) is 18.2 Å². The molecule has 6 heteroatoms. The van der Waals surface area contributed by atoms with Crippen molar-refractivity contribution in [2.24, 2.45) is 0 Å². The number of nitrogens with zero attached hydrogens (tertiary/aromatic N) is 1. The lowest BCUT2D eigenvalue weighted by atomic mass is 10.4. The molecule has 1 rings (SSSR count). The Balaban J connectivity index is 2.28. The van der Waals surface area contributed by atoms with Crippen LogP contribution in [0, 0.1) is 0 Å². The van der Waals surface area contributed by atoms with Crippen molar-refractivity contribution in [1.82, 2.24) is 9.71 Å². The molecule has 0 spiro atoms. The van der Waals surface area contributed by atoms with Crippen LogP contribution >= 0.6 is 11.3 Å². The van der Waals surface area contributed by atoms with Crippen molar-refractivity contribution >= 4 is 21.4 Å². The van der Waals surface area contributed by atoms with E-state index in [1.54, 1.807) is 23.0 Å². The normalized spacial score (nSPS) is 11.8. The van der Waals surface area contributed by atoms with Gasteiger partial charge in [-0.2, -0.15) is 0 Å². The number of hydrogen-bond donors (Lipinski definition) is 1. The van der Waals surface area contributed by atoms with Crippen molar-refractivity contribution in [2.75, 3.05) is 12.3 Å². The summed E-state index contributed by atoms with van der Waals surface area (Å²) in [5, 5.41) is 0. The maximum Gasteiger partial charge on any atom is 0.211 e. The second-order valence-electron chi connectivity index (χ2n) is 2.93. The van der Waals surface area contributed by atoms with Gasteiger partial charge in [0.05, 0.1) is 11.3 Å². The lowest BCUT2D eigenvalue weighted by Gasteiger charge is -2.03. The largest absolute Gasteiger partial charge is 0.253 e. The van der Waals surface area contributed by atoms with E-state index in [4.69, 9.17) is 0 Å². The molecule has 0 unspecified atom stereocenters. The third-order valence-corrected chi connectivity index (χ3v) is 4.08. The summed E-state index contributed by atoms with van der Waals surface area (Å²) in [5.74, 6) is 0.204. The van der Waals surface area contributed by atoms with E-state index < -0.39 is 10.0 Å². The average Bonchev–Trinajstić information content (AvgIpc) is 2.56. The molecular weight excluding hydrogens is 220 g/mol. The zero-order valence-electron chi connectivity index (χ0n) is 8.06. The van der Waals surface area contributed by atoms with E-state index in [-0.39, 0.29) is 5.75 Å². The molecule has 4 nitrogen and oxygen atoms in total. The third kappa shape index (κ3) is 4.17. The zero-order valence-corrected chi connectivity index (χ0v) is 9.70. The smallest absolute Gasteiger partial charge is 0.211 e. The van der Waals surface area contributed by atoms with Crippen LogP contribution < -0.4 is 4.72 Å². The molecule has 0 aliphatic carbocycles. The lowest BCUT2D eigenvalue weighted by molar-refractivity contribution is 0.580. The molecule has 1 N–H and O–H groups in total. The summed E-state index contributed by atoms with van der Waals surface area (Å²) in [5.41, 5.74) is 1.75. The molecule has 0 bridgehead atoms. The highest BCUT2D eigenvalue weighted by Crippen LogP contribution is 2.05. The van der Waals surface area contributed by atoms with Crippen LogP contribution in [0.25, 0.3) is 0 Å². The molecule has 14 heavy (non-hydrogen) atoms. The van der Waals surface area contributed by atoms with Gasteiger partial charge in [-0.05, 0) is 12.8 Å². The maximum atomic E-state index is 11.2. The fourth-order valence-electron chi connectivity index (χ4n) is 1.04. The van der Waals surface area contributed by atoms with Crippen LogP contribution in [0.15, 0.2) is 11.7 Å². The van der Waals surface area contributed by atoms with Gasteiger partial charge >= 0.3 is 0 Å². The topological polar surface area (TPSA) is 59.1 Å². The third-order valence-electron chi connectivity index (χ3n) is 1.65. The predicted octanol–water partition coefficient (Wildman–Crippen LogP) is 1.01. The molecular formula is C8H14N2O2S2. The van der Waals surface area contributed by atoms with Crippen molar-refractivity contribution in [3.63, 3.8) is 0 Å². The minimum absolute atomic E-state index is 0.204. The Bertz CT molecular complexity index is 345. The van der Waals surface area contributed by atoms with Crippen LogP contribution in [0.2, 0.25) is 0 Å². The molecule has 1 aromatic rings. The van der Waals surface area contributed by atoms with Gasteiger partial charge in [0.1, 0.15) is 0 Å². The Hall–Kier alpha value is -0.460. The predicted molar refractivity (Wildman–Crippen MR) is 57.9 cm³/mol. The Morgan fingerprint density at radius 2 is 2.36 bits per heavy atom. The first kappa shape index (κ1) is 11.6. The van der Waals surface area contributed by atoms with Crippen LogP contribution in [-0.2, 0) is 16.4 Å². The standard InChI is InChI=1S/C8H14N2O2S2/c1-2-5-14(11,12)10-4-3-8-6-9-7-13-8/h6-7,10H,2-5H2,1H3. The molecule has 80 valence electrons. The van der Waals surface area contributed by atoms with E-state index in [9.17, 15) is 8.42 Å². The fraction of sp³-hybridized carbons (Fsp3) is 0.625. The number of sulfonamides is 1. The SMILES string of the molecule is CCCS(=O)(=O)NCCc1cncs1. The van der Waals surface area contributed by atoms with Gasteiger partial charge in [-0.15, -0.1) is 11.3 Å². The van der Waals surface area contributed by atoms with E-state index in [0.717, 1.165) is 4.88 Å². The monoisotopic (exact) mass is 234 g/mol. The minimum Gasteiger partial charge on any atom is -0.253 e. The highest BCUT2D eigenvalue weighted by Gasteiger charge is 2.07. The van der Waals surface area contributed by atoms with E-state index >= 15 is 0 Å². The number of aromatic nitrogens is 1. The van der Waals surface area contributed by atoms with Gasteiger partial charge in [0.2, 0.25) is 10.0 Å². The zero-order chi connectivity index (χ0) is 10.4. The summed E-state index contributed by atoms with van der Waals surface area (Å²) >= 11 is 1.54. The molecule has 1 heterocycles. The number of thiazole rings is 1. The van der Waals surface area contributed by atoms with Gasteiger partial charge in [0, 0.05) is 17.6 Å². The van der Waals surface area contributed by atoms with Crippen molar-refractivity contribution < 1.29 is 8.42 Å². The molecule has 0 aliphatic rings. The number of rotatable bonds is 6. The summed E-state index contributed by atoms with van der Waals surface area (Å²) in [6, 6.07) is 0. The minimum atomic E-state index is -3.05. The van der Waals surface area contributed by atoms with Crippen LogP contribution in [-0.4, -0.2) is 25.7 Å². The molecule has 0 saturated heterocycles. The summed E-state index contributed by atoms with van der Waals surface area (Å²) in [7, 11) is -3.05.